The van der Waals surface area contributed by atoms with E-state index >= 15 is 0 Å². The number of carbonyl (C=O) groups is 2. The van der Waals surface area contributed by atoms with E-state index in [-0.39, 0.29) is 17.7 Å². The van der Waals surface area contributed by atoms with Crippen molar-refractivity contribution >= 4 is 11.8 Å². The van der Waals surface area contributed by atoms with E-state index in [1.165, 1.54) is 12.1 Å². The molecule has 2 amide bonds. The third-order valence-corrected chi connectivity index (χ3v) is 2.52. The lowest BCUT2D eigenvalue weighted by Gasteiger charge is -2.06. The van der Waals surface area contributed by atoms with E-state index in [2.05, 4.69) is 10.9 Å². The van der Waals surface area contributed by atoms with Crippen LogP contribution < -0.4 is 10.9 Å². The van der Waals surface area contributed by atoms with Crippen molar-refractivity contribution in [2.45, 2.75) is 12.8 Å². The molecule has 1 aliphatic rings. The lowest BCUT2D eigenvalue weighted by molar-refractivity contribution is -0.123. The zero-order chi connectivity index (χ0) is 12.3. The highest BCUT2D eigenvalue weighted by Gasteiger charge is 2.29. The van der Waals surface area contributed by atoms with Crippen molar-refractivity contribution in [2.75, 3.05) is 0 Å². The number of nitrogens with zero attached hydrogens (tertiary/aromatic N) is 1. The topological polar surface area (TPSA) is 82.0 Å². The molecule has 1 aromatic carbocycles. The summed E-state index contributed by atoms with van der Waals surface area (Å²) in [5, 5.41) is 8.60. The Bertz CT molecular complexity index is 483. The third-order valence-electron chi connectivity index (χ3n) is 2.52. The van der Waals surface area contributed by atoms with Crippen molar-refractivity contribution in [3.8, 4) is 6.07 Å². The van der Waals surface area contributed by atoms with Crippen LogP contribution in [0, 0.1) is 17.2 Å². The van der Waals surface area contributed by atoms with Gasteiger partial charge in [-0.05, 0) is 37.1 Å². The molecule has 0 heterocycles. The second kappa shape index (κ2) is 4.66. The smallest absolute Gasteiger partial charge is 0.269 e. The number of rotatable bonds is 2. The number of amides is 2. The molecule has 0 spiro atoms. The SMILES string of the molecule is N#Cc1ccc(C(=O)NNC(=O)C2CC2)cc1. The van der Waals surface area contributed by atoms with Crippen LogP contribution in [-0.4, -0.2) is 11.8 Å². The zero-order valence-electron chi connectivity index (χ0n) is 9.06. The largest absolute Gasteiger partial charge is 0.273 e. The van der Waals surface area contributed by atoms with Gasteiger partial charge in [-0.1, -0.05) is 0 Å². The van der Waals surface area contributed by atoms with Gasteiger partial charge < -0.3 is 0 Å². The number of nitrogens with one attached hydrogen (secondary N) is 2. The van der Waals surface area contributed by atoms with Crippen molar-refractivity contribution in [1.82, 2.24) is 10.9 Å². The molecule has 5 nitrogen and oxygen atoms in total. The molecule has 86 valence electrons. The molecule has 0 aromatic heterocycles. The maximum Gasteiger partial charge on any atom is 0.269 e. The summed E-state index contributed by atoms with van der Waals surface area (Å²) in [6.07, 6.45) is 1.77. The van der Waals surface area contributed by atoms with Crippen LogP contribution in [0.1, 0.15) is 28.8 Å². The molecule has 0 radical (unpaired) electrons. The van der Waals surface area contributed by atoms with Crippen molar-refractivity contribution in [3.05, 3.63) is 35.4 Å². The molecule has 1 aliphatic carbocycles. The second-order valence-corrected chi connectivity index (χ2v) is 3.91. The molecule has 1 aromatic rings. The fourth-order valence-electron chi connectivity index (χ4n) is 1.33. The first-order valence-electron chi connectivity index (χ1n) is 5.31. The van der Waals surface area contributed by atoms with E-state index < -0.39 is 0 Å². The lowest BCUT2D eigenvalue weighted by Crippen LogP contribution is -2.42. The second-order valence-electron chi connectivity index (χ2n) is 3.91. The summed E-state index contributed by atoms with van der Waals surface area (Å²) in [4.78, 5) is 22.9. The summed E-state index contributed by atoms with van der Waals surface area (Å²) in [7, 11) is 0. The van der Waals surface area contributed by atoms with Gasteiger partial charge in [0.15, 0.2) is 0 Å². The average molecular weight is 229 g/mol. The van der Waals surface area contributed by atoms with Gasteiger partial charge in [-0.2, -0.15) is 5.26 Å². The highest BCUT2D eigenvalue weighted by molar-refractivity contribution is 5.95. The molecule has 0 saturated heterocycles. The molecule has 0 bridgehead atoms. The minimum atomic E-state index is -0.386. The van der Waals surface area contributed by atoms with E-state index in [9.17, 15) is 9.59 Å². The van der Waals surface area contributed by atoms with Crippen LogP contribution in [0.25, 0.3) is 0 Å². The van der Waals surface area contributed by atoms with Gasteiger partial charge in [-0.15, -0.1) is 0 Å². The van der Waals surface area contributed by atoms with Crippen molar-refractivity contribution < 1.29 is 9.59 Å². The van der Waals surface area contributed by atoms with Gasteiger partial charge in [0.05, 0.1) is 11.6 Å². The molecule has 0 unspecified atom stereocenters. The maximum absolute atomic E-state index is 11.6. The molecular formula is C12H11N3O2. The van der Waals surface area contributed by atoms with Crippen molar-refractivity contribution in [3.63, 3.8) is 0 Å². The summed E-state index contributed by atoms with van der Waals surface area (Å²) in [5.74, 6) is -0.480. The predicted octanol–water partition coefficient (Wildman–Crippen LogP) is 0.729. The Labute approximate surface area is 98.4 Å². The number of benzene rings is 1. The zero-order valence-corrected chi connectivity index (χ0v) is 9.06. The molecular weight excluding hydrogens is 218 g/mol. The summed E-state index contributed by atoms with van der Waals surface area (Å²) >= 11 is 0. The summed E-state index contributed by atoms with van der Waals surface area (Å²) in [6, 6.07) is 8.15. The van der Waals surface area contributed by atoms with Gasteiger partial charge in [-0.25, -0.2) is 0 Å². The number of hydrogen-bond donors (Lipinski definition) is 2. The highest BCUT2D eigenvalue weighted by atomic mass is 16.2. The lowest BCUT2D eigenvalue weighted by atomic mass is 10.1. The quantitative estimate of drug-likeness (QED) is 0.733. The van der Waals surface area contributed by atoms with Crippen LogP contribution in [0.3, 0.4) is 0 Å². The van der Waals surface area contributed by atoms with Gasteiger partial charge in [0.25, 0.3) is 5.91 Å². The molecule has 2 rings (SSSR count). The standard InChI is InChI=1S/C12H11N3O2/c13-7-8-1-3-9(4-2-8)11(16)14-15-12(17)10-5-6-10/h1-4,10H,5-6H2,(H,14,16)(H,15,17). The summed E-state index contributed by atoms with van der Waals surface area (Å²) in [6.45, 7) is 0. The Morgan fingerprint density at radius 3 is 2.35 bits per heavy atom. The predicted molar refractivity (Wildman–Crippen MR) is 59.5 cm³/mol. The Hall–Kier alpha value is -2.35. The van der Waals surface area contributed by atoms with E-state index in [1.807, 2.05) is 6.07 Å². The van der Waals surface area contributed by atoms with Crippen molar-refractivity contribution in [1.29, 1.82) is 5.26 Å². The summed E-state index contributed by atoms with van der Waals surface area (Å²) < 4.78 is 0. The van der Waals surface area contributed by atoms with Gasteiger partial charge in [0.1, 0.15) is 0 Å². The fourth-order valence-corrected chi connectivity index (χ4v) is 1.33. The van der Waals surface area contributed by atoms with Crippen LogP contribution in [0.15, 0.2) is 24.3 Å². The van der Waals surface area contributed by atoms with E-state index in [1.54, 1.807) is 12.1 Å². The van der Waals surface area contributed by atoms with Gasteiger partial charge in [-0.3, -0.25) is 20.4 Å². The summed E-state index contributed by atoms with van der Waals surface area (Å²) in [5.41, 5.74) is 5.60. The molecule has 1 saturated carbocycles. The van der Waals surface area contributed by atoms with E-state index in [4.69, 9.17) is 5.26 Å². The fraction of sp³-hybridized carbons (Fsp3) is 0.250. The highest BCUT2D eigenvalue weighted by Crippen LogP contribution is 2.28. The third kappa shape index (κ3) is 2.82. The average Bonchev–Trinajstić information content (AvgIpc) is 3.20. The number of hydrazine groups is 1. The molecule has 17 heavy (non-hydrogen) atoms. The van der Waals surface area contributed by atoms with Gasteiger partial charge in [0, 0.05) is 11.5 Å². The molecule has 0 aliphatic heterocycles. The molecule has 1 fully saturated rings. The van der Waals surface area contributed by atoms with Crippen LogP contribution >= 0.6 is 0 Å². The van der Waals surface area contributed by atoms with Crippen molar-refractivity contribution in [2.24, 2.45) is 5.92 Å². The van der Waals surface area contributed by atoms with Crippen LogP contribution in [0.5, 0.6) is 0 Å². The minimum absolute atomic E-state index is 0.0521. The first kappa shape index (κ1) is 11.1. The molecule has 0 atom stereocenters. The molecule has 5 heteroatoms. The molecule has 2 N–H and O–H groups in total. The van der Waals surface area contributed by atoms with E-state index in [0.717, 1.165) is 12.8 Å². The minimum Gasteiger partial charge on any atom is -0.273 e. The number of nitriles is 1. The van der Waals surface area contributed by atoms with Gasteiger partial charge in [0.2, 0.25) is 5.91 Å². The Balaban J connectivity index is 1.90. The van der Waals surface area contributed by atoms with Crippen LogP contribution in [0.4, 0.5) is 0 Å². The maximum atomic E-state index is 11.6. The number of hydrogen-bond acceptors (Lipinski definition) is 3. The normalized spacial score (nSPS) is 13.6. The van der Waals surface area contributed by atoms with Crippen LogP contribution in [-0.2, 0) is 4.79 Å². The first-order valence-corrected chi connectivity index (χ1v) is 5.31. The Kier molecular flexibility index (Phi) is 3.06. The van der Waals surface area contributed by atoms with Gasteiger partial charge >= 0.3 is 0 Å². The monoisotopic (exact) mass is 229 g/mol. The van der Waals surface area contributed by atoms with E-state index in [0.29, 0.717) is 11.1 Å². The van der Waals surface area contributed by atoms with Crippen LogP contribution in [0.2, 0.25) is 0 Å². The Morgan fingerprint density at radius 1 is 1.18 bits per heavy atom. The number of carbonyl (C=O) groups excluding carboxylic acids is 2. The first-order chi connectivity index (χ1) is 8.20. The Morgan fingerprint density at radius 2 is 1.82 bits per heavy atom.